The molecule has 0 unspecified atom stereocenters. The average Bonchev–Trinajstić information content (AvgIpc) is 3.71. The summed E-state index contributed by atoms with van der Waals surface area (Å²) >= 11 is 0. The molecule has 6 aromatic rings. The Bertz CT molecular complexity index is 1810. The van der Waals surface area contributed by atoms with E-state index in [0.717, 1.165) is 85.7 Å². The molecule has 0 saturated heterocycles. The van der Waals surface area contributed by atoms with E-state index in [9.17, 15) is 4.39 Å². The van der Waals surface area contributed by atoms with Crippen LogP contribution in [0.5, 0.6) is 0 Å². The largest absolute Gasteiger partial charge is 0.353 e. The van der Waals surface area contributed by atoms with Gasteiger partial charge in [0, 0.05) is 40.8 Å². The van der Waals surface area contributed by atoms with E-state index in [1.54, 1.807) is 12.1 Å². The molecule has 200 valence electrons. The minimum atomic E-state index is -0.232. The zero-order chi connectivity index (χ0) is 27.1. The van der Waals surface area contributed by atoms with Crippen molar-refractivity contribution in [1.29, 1.82) is 0 Å². The number of rotatable bonds is 7. The van der Waals surface area contributed by atoms with Crippen LogP contribution in [0.4, 0.5) is 4.39 Å². The van der Waals surface area contributed by atoms with Crippen molar-refractivity contribution in [2.45, 2.75) is 39.2 Å². The molecule has 0 aliphatic heterocycles. The minimum Gasteiger partial charge on any atom is -0.353 e. The lowest BCUT2D eigenvalue weighted by Gasteiger charge is -2.11. The fourth-order valence-corrected chi connectivity index (χ4v) is 6.07. The second kappa shape index (κ2) is 10.3. The predicted octanol–water partition coefficient (Wildman–Crippen LogP) is 7.56. The zero-order valence-electron chi connectivity index (χ0n) is 22.5. The number of pyridine rings is 2. The molecule has 2 aromatic carbocycles. The van der Waals surface area contributed by atoms with Gasteiger partial charge in [-0.05, 0) is 90.9 Å². The van der Waals surface area contributed by atoms with Gasteiger partial charge in [-0.25, -0.2) is 4.39 Å². The van der Waals surface area contributed by atoms with Crippen LogP contribution in [-0.4, -0.2) is 31.7 Å². The van der Waals surface area contributed by atoms with Crippen LogP contribution < -0.4 is 5.32 Å². The second-order valence-corrected chi connectivity index (χ2v) is 11.0. The van der Waals surface area contributed by atoms with Crippen LogP contribution in [0.1, 0.15) is 36.8 Å². The highest BCUT2D eigenvalue weighted by molar-refractivity contribution is 6.01. The van der Waals surface area contributed by atoms with Crippen LogP contribution in [0.2, 0.25) is 0 Å². The maximum Gasteiger partial charge on any atom is 0.124 e. The molecule has 4 heterocycles. The van der Waals surface area contributed by atoms with Gasteiger partial charge >= 0.3 is 0 Å². The van der Waals surface area contributed by atoms with E-state index in [1.165, 1.54) is 25.7 Å². The second-order valence-electron chi connectivity index (χ2n) is 11.0. The van der Waals surface area contributed by atoms with Gasteiger partial charge in [0.15, 0.2) is 0 Å². The maximum absolute atomic E-state index is 14.2. The fraction of sp³-hybridized carbons (Fsp3) is 0.242. The summed E-state index contributed by atoms with van der Waals surface area (Å²) in [7, 11) is 0. The summed E-state index contributed by atoms with van der Waals surface area (Å²) in [5.41, 5.74) is 9.27. The molecule has 1 aliphatic carbocycles. The van der Waals surface area contributed by atoms with Crippen molar-refractivity contribution in [3.8, 4) is 33.8 Å². The molecule has 0 radical (unpaired) electrons. The number of H-pyrrole nitrogens is 2. The van der Waals surface area contributed by atoms with Gasteiger partial charge in [0.2, 0.25) is 0 Å². The lowest BCUT2D eigenvalue weighted by atomic mass is 9.99. The number of hydrogen-bond donors (Lipinski definition) is 3. The van der Waals surface area contributed by atoms with Gasteiger partial charge in [-0.3, -0.25) is 15.1 Å². The van der Waals surface area contributed by atoms with Crippen molar-refractivity contribution < 1.29 is 4.39 Å². The molecule has 1 fully saturated rings. The van der Waals surface area contributed by atoms with E-state index < -0.39 is 0 Å². The molecule has 0 spiro atoms. The van der Waals surface area contributed by atoms with E-state index in [-0.39, 0.29) is 5.82 Å². The molecular formula is C33H31FN6. The Labute approximate surface area is 232 Å². The number of halogens is 1. The van der Waals surface area contributed by atoms with Crippen molar-refractivity contribution >= 4 is 21.8 Å². The maximum atomic E-state index is 14.2. The minimum absolute atomic E-state index is 0.232. The SMILES string of the molecule is Cc1cc(F)cc(-c2cccc3[nH]c(-c4n[nH]c5cnc(-c6cncc(CNCC7CCCC7)c6)cc45)cc23)c1. The predicted molar refractivity (Wildman–Crippen MR) is 158 cm³/mol. The summed E-state index contributed by atoms with van der Waals surface area (Å²) in [4.78, 5) is 12.7. The Morgan fingerprint density at radius 3 is 2.70 bits per heavy atom. The number of hydrogen-bond acceptors (Lipinski definition) is 4. The van der Waals surface area contributed by atoms with E-state index in [1.807, 2.05) is 49.8 Å². The van der Waals surface area contributed by atoms with Crippen LogP contribution in [-0.2, 0) is 6.54 Å². The first-order valence-corrected chi connectivity index (χ1v) is 14.0. The van der Waals surface area contributed by atoms with Gasteiger partial charge in [-0.2, -0.15) is 5.10 Å². The Morgan fingerprint density at radius 1 is 0.925 bits per heavy atom. The van der Waals surface area contributed by atoms with E-state index >= 15 is 0 Å². The first-order valence-electron chi connectivity index (χ1n) is 14.0. The number of nitrogens with one attached hydrogen (secondary N) is 3. The van der Waals surface area contributed by atoms with Gasteiger partial charge in [0.05, 0.1) is 23.1 Å². The monoisotopic (exact) mass is 530 g/mol. The summed E-state index contributed by atoms with van der Waals surface area (Å²) in [5, 5.41) is 13.4. The number of aromatic amines is 2. The van der Waals surface area contributed by atoms with E-state index in [0.29, 0.717) is 0 Å². The number of fused-ring (bicyclic) bond motifs is 2. The van der Waals surface area contributed by atoms with Gasteiger partial charge < -0.3 is 10.3 Å². The van der Waals surface area contributed by atoms with Crippen LogP contribution >= 0.6 is 0 Å². The first kappa shape index (κ1) is 24.7. The van der Waals surface area contributed by atoms with Gasteiger partial charge in [-0.15, -0.1) is 0 Å². The summed E-state index contributed by atoms with van der Waals surface area (Å²) < 4.78 is 14.2. The molecular weight excluding hydrogens is 499 g/mol. The molecule has 0 bridgehead atoms. The van der Waals surface area contributed by atoms with Crippen LogP contribution in [0.3, 0.4) is 0 Å². The van der Waals surface area contributed by atoms with Crippen molar-refractivity contribution in [2.24, 2.45) is 5.92 Å². The Balaban J connectivity index is 1.21. The highest BCUT2D eigenvalue weighted by atomic mass is 19.1. The zero-order valence-corrected chi connectivity index (χ0v) is 22.5. The Hall–Kier alpha value is -4.36. The van der Waals surface area contributed by atoms with Gasteiger partial charge in [0.1, 0.15) is 11.5 Å². The van der Waals surface area contributed by atoms with Crippen LogP contribution in [0.15, 0.2) is 73.2 Å². The standard InChI is InChI=1S/C33H31FN6/c1-20-9-23(12-25(34)10-20)26-7-4-8-29-27(26)13-31(38-29)33-28-14-30(37-19-32(28)39-40-33)24-11-22(17-36-18-24)16-35-15-21-5-2-3-6-21/h4,7-14,17-19,21,35,38H,2-3,5-6,15-16H2,1H3,(H,39,40). The number of nitrogens with zero attached hydrogens (tertiary/aromatic N) is 3. The van der Waals surface area contributed by atoms with Crippen LogP contribution in [0.25, 0.3) is 55.6 Å². The lowest BCUT2D eigenvalue weighted by molar-refractivity contribution is 0.489. The summed E-state index contributed by atoms with van der Waals surface area (Å²) in [5.74, 6) is 0.572. The summed E-state index contributed by atoms with van der Waals surface area (Å²) in [6, 6.07) is 17.5. The lowest BCUT2D eigenvalue weighted by Crippen LogP contribution is -2.20. The average molecular weight is 531 g/mol. The molecule has 0 amide bonds. The summed E-state index contributed by atoms with van der Waals surface area (Å²) in [6.45, 7) is 3.78. The Morgan fingerprint density at radius 2 is 1.82 bits per heavy atom. The van der Waals surface area contributed by atoms with Crippen molar-refractivity contribution in [3.05, 3.63) is 90.1 Å². The van der Waals surface area contributed by atoms with Crippen molar-refractivity contribution in [3.63, 3.8) is 0 Å². The Kier molecular flexibility index (Phi) is 6.36. The van der Waals surface area contributed by atoms with Crippen LogP contribution in [0, 0.1) is 18.7 Å². The molecule has 7 rings (SSSR count). The number of aryl methyl sites for hydroxylation is 1. The molecule has 1 saturated carbocycles. The quantitative estimate of drug-likeness (QED) is 0.199. The number of aromatic nitrogens is 5. The highest BCUT2D eigenvalue weighted by Crippen LogP contribution is 2.35. The molecule has 0 atom stereocenters. The van der Waals surface area contributed by atoms with E-state index in [2.05, 4.69) is 43.7 Å². The van der Waals surface area contributed by atoms with E-state index in [4.69, 9.17) is 4.98 Å². The molecule has 40 heavy (non-hydrogen) atoms. The third kappa shape index (κ3) is 4.77. The van der Waals surface area contributed by atoms with Gasteiger partial charge in [-0.1, -0.05) is 31.0 Å². The topological polar surface area (TPSA) is 82.3 Å². The van der Waals surface area contributed by atoms with Crippen molar-refractivity contribution in [2.75, 3.05) is 6.54 Å². The highest BCUT2D eigenvalue weighted by Gasteiger charge is 2.16. The first-order chi connectivity index (χ1) is 19.6. The smallest absolute Gasteiger partial charge is 0.124 e. The molecule has 3 N–H and O–H groups in total. The molecule has 4 aromatic heterocycles. The fourth-order valence-electron chi connectivity index (χ4n) is 6.07. The normalized spacial score (nSPS) is 14.1. The van der Waals surface area contributed by atoms with Crippen molar-refractivity contribution in [1.82, 2.24) is 30.5 Å². The summed E-state index contributed by atoms with van der Waals surface area (Å²) in [6.07, 6.45) is 11.0. The van der Waals surface area contributed by atoms with Gasteiger partial charge in [0.25, 0.3) is 0 Å². The third-order valence-electron chi connectivity index (χ3n) is 8.05. The molecule has 6 nitrogen and oxygen atoms in total. The molecule has 1 aliphatic rings. The molecule has 7 heteroatoms. The third-order valence-corrected chi connectivity index (χ3v) is 8.05. The number of benzene rings is 2.